The van der Waals surface area contributed by atoms with Crippen LogP contribution < -0.4 is 10.1 Å². The minimum absolute atomic E-state index is 0.171. The van der Waals surface area contributed by atoms with Crippen molar-refractivity contribution in [1.82, 2.24) is 4.98 Å². The summed E-state index contributed by atoms with van der Waals surface area (Å²) in [5.74, 6) is -3.59. The molecular formula is C21H25F2N3O4S. The second kappa shape index (κ2) is 8.88. The molecule has 2 heterocycles. The number of nitrogens with zero attached hydrogens (tertiary/aromatic N) is 2. The molecule has 0 aliphatic carbocycles. The van der Waals surface area contributed by atoms with Crippen molar-refractivity contribution < 1.29 is 27.3 Å². The fraction of sp³-hybridized carbons (Fsp3) is 0.429. The Morgan fingerprint density at radius 2 is 2.00 bits per heavy atom. The highest BCUT2D eigenvalue weighted by Gasteiger charge is 2.46. The lowest BCUT2D eigenvalue weighted by Crippen LogP contribution is -2.33. The first kappa shape index (κ1) is 23.1. The minimum atomic E-state index is -2.68. The Hall–Kier alpha value is -2.59. The van der Waals surface area contributed by atoms with Gasteiger partial charge in [0, 0.05) is 36.7 Å². The van der Waals surface area contributed by atoms with Gasteiger partial charge in [-0.25, -0.2) is 17.9 Å². The van der Waals surface area contributed by atoms with E-state index in [1.807, 2.05) is 13.8 Å². The molecule has 1 aromatic heterocycles. The van der Waals surface area contributed by atoms with E-state index in [9.17, 15) is 17.8 Å². The van der Waals surface area contributed by atoms with Crippen molar-refractivity contribution in [3.8, 4) is 5.75 Å². The summed E-state index contributed by atoms with van der Waals surface area (Å²) in [6, 6.07) is 5.47. The number of hydrogen-bond donors (Lipinski definition) is 1. The van der Waals surface area contributed by atoms with Gasteiger partial charge in [-0.1, -0.05) is 13.0 Å². The van der Waals surface area contributed by atoms with Crippen molar-refractivity contribution in [2.24, 2.45) is 10.3 Å². The molecule has 0 spiro atoms. The standard InChI is InChI=1S/C21H25F2N3O4S/c1-11-12(2)30-20(17(11)14-6-7-15(22)18(23)19(14)29-4)21(27)26-13-8-9-25-16(10-13)31(5,28)24-3/h6-12,17,20H,1-5H3,(H,25,26,27)/t11-,12?,17?,20?,31+/m1/s1. The monoisotopic (exact) mass is 453 g/mol. The summed E-state index contributed by atoms with van der Waals surface area (Å²) in [4.78, 5) is 17.2. The highest BCUT2D eigenvalue weighted by molar-refractivity contribution is 7.92. The van der Waals surface area contributed by atoms with Crippen LogP contribution in [0.15, 0.2) is 39.9 Å². The number of ether oxygens (including phenoxy) is 2. The number of rotatable bonds is 5. The van der Waals surface area contributed by atoms with E-state index in [-0.39, 0.29) is 22.8 Å². The van der Waals surface area contributed by atoms with E-state index in [1.54, 1.807) is 6.07 Å². The number of carbonyl (C=O) groups excluding carboxylic acids is 1. The van der Waals surface area contributed by atoms with E-state index in [0.717, 1.165) is 6.07 Å². The molecule has 2 aromatic rings. The van der Waals surface area contributed by atoms with Crippen LogP contribution in [0.4, 0.5) is 14.5 Å². The van der Waals surface area contributed by atoms with Crippen LogP contribution in [0, 0.1) is 17.6 Å². The van der Waals surface area contributed by atoms with Crippen LogP contribution in [0.25, 0.3) is 0 Å². The van der Waals surface area contributed by atoms with Gasteiger partial charge < -0.3 is 14.8 Å². The molecule has 3 unspecified atom stereocenters. The van der Waals surface area contributed by atoms with Crippen LogP contribution in [0.5, 0.6) is 5.75 Å². The summed E-state index contributed by atoms with van der Waals surface area (Å²) in [6.45, 7) is 3.69. The lowest BCUT2D eigenvalue weighted by atomic mass is 9.82. The third-order valence-corrected chi connectivity index (χ3v) is 7.33. The van der Waals surface area contributed by atoms with Gasteiger partial charge in [0.1, 0.15) is 11.1 Å². The number of aromatic nitrogens is 1. The molecule has 0 saturated carbocycles. The number of benzene rings is 1. The zero-order valence-corrected chi connectivity index (χ0v) is 18.7. The van der Waals surface area contributed by atoms with E-state index in [4.69, 9.17) is 9.47 Å². The van der Waals surface area contributed by atoms with Crippen LogP contribution in [0.1, 0.15) is 25.3 Å². The molecule has 0 radical (unpaired) electrons. The van der Waals surface area contributed by atoms with Crippen LogP contribution in [0.2, 0.25) is 0 Å². The molecule has 31 heavy (non-hydrogen) atoms. The van der Waals surface area contributed by atoms with E-state index in [1.165, 1.54) is 38.7 Å². The molecule has 1 saturated heterocycles. The normalized spacial score (nSPS) is 25.0. The Balaban J connectivity index is 1.95. The summed E-state index contributed by atoms with van der Waals surface area (Å²) in [5.41, 5.74) is 0.732. The molecule has 1 fully saturated rings. The number of nitrogens with one attached hydrogen (secondary N) is 1. The van der Waals surface area contributed by atoms with Crippen LogP contribution in [-0.4, -0.2) is 47.7 Å². The largest absolute Gasteiger partial charge is 0.493 e. The molecule has 168 valence electrons. The number of halogens is 2. The number of amides is 1. The first-order valence-corrected chi connectivity index (χ1v) is 11.6. The first-order chi connectivity index (χ1) is 14.6. The van der Waals surface area contributed by atoms with Crippen molar-refractivity contribution in [3.05, 3.63) is 47.7 Å². The smallest absolute Gasteiger partial charge is 0.254 e. The maximum atomic E-state index is 14.3. The van der Waals surface area contributed by atoms with Gasteiger partial charge in [0.2, 0.25) is 5.82 Å². The van der Waals surface area contributed by atoms with Crippen LogP contribution >= 0.6 is 0 Å². The molecule has 0 bridgehead atoms. The van der Waals surface area contributed by atoms with Gasteiger partial charge >= 0.3 is 0 Å². The van der Waals surface area contributed by atoms with Gasteiger partial charge in [0.25, 0.3) is 5.91 Å². The Morgan fingerprint density at radius 1 is 1.29 bits per heavy atom. The zero-order chi connectivity index (χ0) is 22.9. The molecule has 1 aliphatic rings. The third kappa shape index (κ3) is 4.40. The number of methoxy groups -OCH3 is 1. The van der Waals surface area contributed by atoms with E-state index >= 15 is 0 Å². The van der Waals surface area contributed by atoms with Gasteiger partial charge in [-0.3, -0.25) is 4.79 Å². The highest BCUT2D eigenvalue weighted by Crippen LogP contribution is 2.44. The Bertz CT molecular complexity index is 1120. The SMILES string of the molecule is CN=[S@@](C)(=O)c1cc(NC(=O)C2OC(C)[C@@H](C)C2c2ccc(F)c(F)c2OC)ccn1. The highest BCUT2D eigenvalue weighted by atomic mass is 32.2. The molecule has 10 heteroatoms. The van der Waals surface area contributed by atoms with Gasteiger partial charge in [-0.15, -0.1) is 0 Å². The zero-order valence-electron chi connectivity index (χ0n) is 17.9. The van der Waals surface area contributed by atoms with E-state index < -0.39 is 39.3 Å². The molecule has 3 rings (SSSR count). The lowest BCUT2D eigenvalue weighted by Gasteiger charge is -2.23. The van der Waals surface area contributed by atoms with Gasteiger partial charge in [0.15, 0.2) is 11.6 Å². The lowest BCUT2D eigenvalue weighted by molar-refractivity contribution is -0.127. The maximum absolute atomic E-state index is 14.3. The second-order valence-electron chi connectivity index (χ2n) is 7.49. The molecular weight excluding hydrogens is 428 g/mol. The third-order valence-electron chi connectivity index (χ3n) is 5.64. The van der Waals surface area contributed by atoms with Crippen LogP contribution in [-0.2, 0) is 19.3 Å². The van der Waals surface area contributed by atoms with Crippen molar-refractivity contribution in [2.75, 3.05) is 25.7 Å². The molecule has 1 N–H and O–H groups in total. The summed E-state index contributed by atoms with van der Waals surface area (Å²) >= 11 is 0. The van der Waals surface area contributed by atoms with Gasteiger partial charge in [-0.05, 0) is 31.0 Å². The summed E-state index contributed by atoms with van der Waals surface area (Å²) in [6.07, 6.45) is 1.60. The summed E-state index contributed by atoms with van der Waals surface area (Å²) in [5, 5.41) is 2.98. The van der Waals surface area contributed by atoms with Crippen molar-refractivity contribution in [1.29, 1.82) is 0 Å². The first-order valence-electron chi connectivity index (χ1n) is 9.65. The number of hydrogen-bond acceptors (Lipinski definition) is 6. The van der Waals surface area contributed by atoms with Crippen molar-refractivity contribution in [2.45, 2.75) is 37.0 Å². The van der Waals surface area contributed by atoms with Crippen molar-refractivity contribution >= 4 is 21.3 Å². The van der Waals surface area contributed by atoms with E-state index in [2.05, 4.69) is 14.7 Å². The topological polar surface area (TPSA) is 89.9 Å². The minimum Gasteiger partial charge on any atom is -0.493 e. The predicted octanol–water partition coefficient (Wildman–Crippen LogP) is 3.60. The molecule has 1 aromatic carbocycles. The Labute approximate surface area is 180 Å². The van der Waals surface area contributed by atoms with Crippen LogP contribution in [0.3, 0.4) is 0 Å². The number of carbonyl (C=O) groups is 1. The van der Waals surface area contributed by atoms with Gasteiger partial charge in [-0.2, -0.15) is 4.39 Å². The van der Waals surface area contributed by atoms with Crippen molar-refractivity contribution in [3.63, 3.8) is 0 Å². The second-order valence-corrected chi connectivity index (χ2v) is 9.88. The fourth-order valence-corrected chi connectivity index (χ4v) is 4.49. The summed E-state index contributed by atoms with van der Waals surface area (Å²) < 4.78 is 55.3. The molecule has 1 aliphatic heterocycles. The quantitative estimate of drug-likeness (QED) is 0.747. The Morgan fingerprint density at radius 3 is 2.65 bits per heavy atom. The predicted molar refractivity (Wildman–Crippen MR) is 113 cm³/mol. The number of pyridine rings is 1. The number of anilines is 1. The van der Waals surface area contributed by atoms with Gasteiger partial charge in [0.05, 0.1) is 22.9 Å². The average Bonchev–Trinajstić information content (AvgIpc) is 3.04. The Kier molecular flexibility index (Phi) is 6.61. The maximum Gasteiger partial charge on any atom is 0.254 e. The fourth-order valence-electron chi connectivity index (χ4n) is 3.70. The summed E-state index contributed by atoms with van der Waals surface area (Å²) in [7, 11) is 0.00757. The molecule has 1 amide bonds. The molecule has 5 atom stereocenters. The van der Waals surface area contributed by atoms with E-state index in [0.29, 0.717) is 11.3 Å². The molecule has 7 nitrogen and oxygen atoms in total. The average molecular weight is 454 g/mol.